The van der Waals surface area contributed by atoms with Gasteiger partial charge in [-0.25, -0.2) is 0 Å². The van der Waals surface area contributed by atoms with Crippen LogP contribution < -0.4 is 14.8 Å². The molecule has 1 amide bonds. The van der Waals surface area contributed by atoms with Gasteiger partial charge in [0, 0.05) is 11.6 Å². The molecule has 3 rings (SSSR count). The topological polar surface area (TPSA) is 86.5 Å². The average molecular weight is 406 g/mol. The van der Waals surface area contributed by atoms with Crippen LogP contribution in [0.4, 0.5) is 0 Å². The van der Waals surface area contributed by atoms with Gasteiger partial charge in [0.2, 0.25) is 11.8 Å². The number of aromatic nitrogens is 2. The molecule has 0 unspecified atom stereocenters. The molecule has 8 heteroatoms. The number of hydrogen-bond acceptors (Lipinski definition) is 7. The maximum absolute atomic E-state index is 12.3. The van der Waals surface area contributed by atoms with Crippen LogP contribution in [-0.4, -0.2) is 42.1 Å². The van der Waals surface area contributed by atoms with E-state index in [0.29, 0.717) is 34.4 Å². The summed E-state index contributed by atoms with van der Waals surface area (Å²) in [4.78, 5) is 12.3. The minimum atomic E-state index is 0.00168. The van der Waals surface area contributed by atoms with Gasteiger partial charge in [-0.3, -0.25) is 4.79 Å². The van der Waals surface area contributed by atoms with E-state index in [-0.39, 0.29) is 17.7 Å². The number of ether oxygens (including phenoxy) is 2. The van der Waals surface area contributed by atoms with Crippen LogP contribution in [0.15, 0.2) is 27.8 Å². The summed E-state index contributed by atoms with van der Waals surface area (Å²) in [6.45, 7) is 4.47. The van der Waals surface area contributed by atoms with Gasteiger partial charge in [-0.05, 0) is 36.5 Å². The number of benzene rings is 1. The molecule has 1 saturated carbocycles. The van der Waals surface area contributed by atoms with E-state index < -0.39 is 0 Å². The predicted molar refractivity (Wildman–Crippen MR) is 108 cm³/mol. The molecule has 1 N–H and O–H groups in total. The largest absolute Gasteiger partial charge is 0.493 e. The van der Waals surface area contributed by atoms with E-state index in [1.165, 1.54) is 24.6 Å². The number of nitrogens with zero attached hydrogens (tertiary/aromatic N) is 2. The summed E-state index contributed by atoms with van der Waals surface area (Å²) in [5.74, 6) is 2.99. The van der Waals surface area contributed by atoms with Gasteiger partial charge in [0.25, 0.3) is 5.22 Å². The van der Waals surface area contributed by atoms with Gasteiger partial charge in [-0.2, -0.15) is 0 Å². The van der Waals surface area contributed by atoms with Crippen LogP contribution in [0, 0.1) is 11.8 Å². The summed E-state index contributed by atoms with van der Waals surface area (Å²) in [5.41, 5.74) is 0.728. The Bertz CT molecular complexity index is 810. The van der Waals surface area contributed by atoms with Gasteiger partial charge < -0.3 is 19.2 Å². The van der Waals surface area contributed by atoms with Crippen molar-refractivity contribution in [1.82, 2.24) is 15.5 Å². The van der Waals surface area contributed by atoms with E-state index in [9.17, 15) is 4.79 Å². The zero-order chi connectivity index (χ0) is 20.1. The summed E-state index contributed by atoms with van der Waals surface area (Å²) in [7, 11) is 3.15. The molecular weight excluding hydrogens is 378 g/mol. The highest BCUT2D eigenvalue weighted by Gasteiger charge is 2.28. The third-order valence-corrected chi connectivity index (χ3v) is 6.24. The highest BCUT2D eigenvalue weighted by molar-refractivity contribution is 7.99. The number of nitrogens with one attached hydrogen (secondary N) is 1. The monoisotopic (exact) mass is 405 g/mol. The molecule has 0 radical (unpaired) electrons. The number of carbonyl (C=O) groups excluding carboxylic acids is 1. The lowest BCUT2D eigenvalue weighted by Gasteiger charge is -2.34. The summed E-state index contributed by atoms with van der Waals surface area (Å²) in [6, 6.07) is 5.63. The van der Waals surface area contributed by atoms with Crippen LogP contribution in [0.3, 0.4) is 0 Å². The highest BCUT2D eigenvalue weighted by atomic mass is 32.2. The Kier molecular flexibility index (Phi) is 6.83. The van der Waals surface area contributed by atoms with Gasteiger partial charge >= 0.3 is 0 Å². The summed E-state index contributed by atoms with van der Waals surface area (Å²) in [5, 5.41) is 11.6. The molecule has 0 saturated heterocycles. The molecule has 1 fully saturated rings. The third kappa shape index (κ3) is 4.79. The Morgan fingerprint density at radius 1 is 1.21 bits per heavy atom. The molecule has 0 spiro atoms. The van der Waals surface area contributed by atoms with Crippen molar-refractivity contribution in [2.45, 2.75) is 44.4 Å². The second-order valence-corrected chi connectivity index (χ2v) is 8.10. The van der Waals surface area contributed by atoms with E-state index in [1.54, 1.807) is 26.4 Å². The van der Waals surface area contributed by atoms with Crippen LogP contribution in [0.1, 0.15) is 33.1 Å². The quantitative estimate of drug-likeness (QED) is 0.701. The Hall–Kier alpha value is -2.22. The molecule has 0 bridgehead atoms. The van der Waals surface area contributed by atoms with Crippen molar-refractivity contribution in [1.29, 1.82) is 0 Å². The second-order valence-electron chi connectivity index (χ2n) is 7.17. The lowest BCUT2D eigenvalue weighted by Crippen LogP contribution is -2.44. The molecule has 7 nitrogen and oxygen atoms in total. The van der Waals surface area contributed by atoms with Gasteiger partial charge in [0.15, 0.2) is 11.5 Å². The number of amides is 1. The van der Waals surface area contributed by atoms with E-state index in [4.69, 9.17) is 13.9 Å². The smallest absolute Gasteiger partial charge is 0.277 e. The van der Waals surface area contributed by atoms with Gasteiger partial charge in [-0.15, -0.1) is 10.2 Å². The number of hydrogen-bond donors (Lipinski definition) is 1. The maximum Gasteiger partial charge on any atom is 0.277 e. The first-order chi connectivity index (χ1) is 13.5. The first-order valence-corrected chi connectivity index (χ1v) is 10.5. The van der Waals surface area contributed by atoms with E-state index in [1.807, 2.05) is 6.07 Å². The molecule has 2 aromatic rings. The number of thioether (sulfide) groups is 1. The highest BCUT2D eigenvalue weighted by Crippen LogP contribution is 2.33. The third-order valence-electron chi connectivity index (χ3n) is 5.42. The fourth-order valence-corrected chi connectivity index (χ4v) is 4.09. The first kappa shape index (κ1) is 20.5. The van der Waals surface area contributed by atoms with Crippen LogP contribution >= 0.6 is 11.8 Å². The molecule has 1 aliphatic rings. The van der Waals surface area contributed by atoms with Crippen LogP contribution in [-0.2, 0) is 4.79 Å². The maximum atomic E-state index is 12.3. The Labute approximate surface area is 169 Å². The zero-order valence-electron chi connectivity index (χ0n) is 16.7. The summed E-state index contributed by atoms with van der Waals surface area (Å²) >= 11 is 1.24. The second kappa shape index (κ2) is 9.32. The number of rotatable bonds is 7. The summed E-state index contributed by atoms with van der Waals surface area (Å²) in [6.07, 6.45) is 3.46. The van der Waals surface area contributed by atoms with Crippen molar-refractivity contribution in [3.05, 3.63) is 18.2 Å². The fraction of sp³-hybridized carbons (Fsp3) is 0.550. The number of carbonyl (C=O) groups is 1. The molecule has 3 atom stereocenters. The van der Waals surface area contributed by atoms with Gasteiger partial charge in [-0.1, -0.05) is 38.5 Å². The molecular formula is C20H27N3O4S. The number of methoxy groups -OCH3 is 2. The van der Waals surface area contributed by atoms with E-state index >= 15 is 0 Å². The standard InChI is InChI=1S/C20H27N3O4S/c1-12-6-5-7-15(13(12)2)21-18(24)11-28-20-23-22-19(27-20)14-8-9-16(25-3)17(10-14)26-4/h8-10,12-13,15H,5-7,11H2,1-4H3,(H,21,24)/t12-,13-,15+/m1/s1. The molecule has 1 heterocycles. The molecule has 1 aromatic heterocycles. The summed E-state index contributed by atoms with van der Waals surface area (Å²) < 4.78 is 16.2. The lowest BCUT2D eigenvalue weighted by molar-refractivity contribution is -0.120. The first-order valence-electron chi connectivity index (χ1n) is 9.50. The van der Waals surface area contributed by atoms with Crippen molar-refractivity contribution in [2.24, 2.45) is 11.8 Å². The molecule has 1 aromatic carbocycles. The normalized spacial score (nSPS) is 21.9. The average Bonchev–Trinajstić information content (AvgIpc) is 3.18. The van der Waals surface area contributed by atoms with Crippen molar-refractivity contribution in [3.63, 3.8) is 0 Å². The minimum absolute atomic E-state index is 0.00168. The van der Waals surface area contributed by atoms with Crippen molar-refractivity contribution in [2.75, 3.05) is 20.0 Å². The molecule has 1 aliphatic carbocycles. The zero-order valence-corrected chi connectivity index (χ0v) is 17.5. The lowest BCUT2D eigenvalue weighted by atomic mass is 9.78. The predicted octanol–water partition coefficient (Wildman–Crippen LogP) is 3.79. The van der Waals surface area contributed by atoms with Gasteiger partial charge in [0.05, 0.1) is 20.0 Å². The molecule has 152 valence electrons. The molecule has 0 aliphatic heterocycles. The van der Waals surface area contributed by atoms with Crippen molar-refractivity contribution in [3.8, 4) is 23.0 Å². The fourth-order valence-electron chi connectivity index (χ4n) is 3.52. The SMILES string of the molecule is COc1ccc(-c2nnc(SCC(=O)N[C@H]3CCC[C@@H](C)[C@H]3C)o2)cc1OC. The van der Waals surface area contributed by atoms with Crippen LogP contribution in [0.2, 0.25) is 0 Å². The van der Waals surface area contributed by atoms with Crippen molar-refractivity contribution < 1.29 is 18.7 Å². The van der Waals surface area contributed by atoms with Gasteiger partial charge in [0.1, 0.15) is 0 Å². The van der Waals surface area contributed by atoms with E-state index in [0.717, 1.165) is 12.0 Å². The molecule has 28 heavy (non-hydrogen) atoms. The van der Waals surface area contributed by atoms with Crippen LogP contribution in [0.25, 0.3) is 11.5 Å². The van der Waals surface area contributed by atoms with Crippen LogP contribution in [0.5, 0.6) is 11.5 Å². The van der Waals surface area contributed by atoms with Crippen molar-refractivity contribution >= 4 is 17.7 Å². The Morgan fingerprint density at radius 3 is 2.75 bits per heavy atom. The van der Waals surface area contributed by atoms with E-state index in [2.05, 4.69) is 29.4 Å². The Morgan fingerprint density at radius 2 is 2.00 bits per heavy atom. The minimum Gasteiger partial charge on any atom is -0.493 e. The Balaban J connectivity index is 1.57.